The summed E-state index contributed by atoms with van der Waals surface area (Å²) >= 11 is 0. The molecule has 0 aromatic heterocycles. The predicted octanol–water partition coefficient (Wildman–Crippen LogP) is 6.26. The SMILES string of the molecule is O.[CH2]CCCCCCCCCCCCCCCCC. The quantitative estimate of drug-likeness (QED) is 0.315. The fourth-order valence-electron chi connectivity index (χ4n) is 2.55. The smallest absolute Gasteiger partial charge is 0.0533 e. The van der Waals surface area contributed by atoms with Crippen molar-refractivity contribution in [2.24, 2.45) is 0 Å². The van der Waals surface area contributed by atoms with E-state index in [1.807, 2.05) is 0 Å². The highest BCUT2D eigenvalue weighted by Gasteiger charge is 1.93. The monoisotopic (exact) mass is 271 g/mol. The Labute approximate surface area is 122 Å². The van der Waals surface area contributed by atoms with E-state index in [0.717, 1.165) is 6.42 Å². The second-order valence-corrected chi connectivity index (χ2v) is 5.80. The van der Waals surface area contributed by atoms with Gasteiger partial charge in [-0.1, -0.05) is 117 Å². The molecule has 0 saturated heterocycles. The van der Waals surface area contributed by atoms with Crippen LogP contribution in [0.5, 0.6) is 0 Å². The van der Waals surface area contributed by atoms with Gasteiger partial charge in [0.25, 0.3) is 0 Å². The molecule has 1 heteroatoms. The van der Waals surface area contributed by atoms with E-state index in [4.69, 9.17) is 0 Å². The first-order valence-corrected chi connectivity index (χ1v) is 8.71. The molecule has 0 aliphatic rings. The summed E-state index contributed by atoms with van der Waals surface area (Å²) in [6.07, 6.45) is 22.8. The van der Waals surface area contributed by atoms with E-state index in [0.29, 0.717) is 0 Å². The maximum atomic E-state index is 3.88. The molecule has 0 spiro atoms. The van der Waals surface area contributed by atoms with Gasteiger partial charge in [0, 0.05) is 0 Å². The summed E-state index contributed by atoms with van der Waals surface area (Å²) < 4.78 is 0. The molecule has 0 aliphatic carbocycles. The zero-order valence-corrected chi connectivity index (χ0v) is 13.5. The lowest BCUT2D eigenvalue weighted by molar-refractivity contribution is 0.533. The van der Waals surface area contributed by atoms with Crippen LogP contribution in [0.25, 0.3) is 0 Å². The molecule has 0 aromatic rings. The molecule has 0 unspecified atom stereocenters. The van der Waals surface area contributed by atoms with Crippen LogP contribution in [-0.4, -0.2) is 5.48 Å². The van der Waals surface area contributed by atoms with Crippen LogP contribution in [0.15, 0.2) is 0 Å². The molecule has 1 radical (unpaired) electrons. The first-order chi connectivity index (χ1) is 8.91. The van der Waals surface area contributed by atoms with E-state index in [2.05, 4.69) is 13.8 Å². The summed E-state index contributed by atoms with van der Waals surface area (Å²) in [5.41, 5.74) is 0. The largest absolute Gasteiger partial charge is 0.412 e. The Morgan fingerprint density at radius 3 is 1.00 bits per heavy atom. The van der Waals surface area contributed by atoms with Crippen LogP contribution in [-0.2, 0) is 0 Å². The maximum absolute atomic E-state index is 3.88. The van der Waals surface area contributed by atoms with E-state index in [1.165, 1.54) is 96.3 Å². The third kappa shape index (κ3) is 20.4. The van der Waals surface area contributed by atoms with Gasteiger partial charge in [-0.2, -0.15) is 0 Å². The molecule has 117 valence electrons. The first-order valence-electron chi connectivity index (χ1n) is 8.71. The van der Waals surface area contributed by atoms with Crippen molar-refractivity contribution < 1.29 is 5.48 Å². The van der Waals surface area contributed by atoms with Crippen molar-refractivity contribution in [1.82, 2.24) is 0 Å². The second kappa shape index (κ2) is 20.3. The average molecular weight is 272 g/mol. The lowest BCUT2D eigenvalue weighted by atomic mass is 10.0. The average Bonchev–Trinajstić information content (AvgIpc) is 2.39. The van der Waals surface area contributed by atoms with Crippen LogP contribution in [0.1, 0.15) is 110 Å². The molecule has 19 heavy (non-hydrogen) atoms. The highest BCUT2D eigenvalue weighted by molar-refractivity contribution is 4.50. The molecule has 0 amide bonds. The Morgan fingerprint density at radius 1 is 0.474 bits per heavy atom. The minimum absolute atomic E-state index is 0. The molecular weight excluding hydrogens is 232 g/mol. The minimum Gasteiger partial charge on any atom is -0.412 e. The van der Waals surface area contributed by atoms with Gasteiger partial charge in [-0.05, 0) is 0 Å². The second-order valence-electron chi connectivity index (χ2n) is 5.80. The fraction of sp³-hybridized carbons (Fsp3) is 0.944. The highest BCUT2D eigenvalue weighted by Crippen LogP contribution is 2.13. The maximum Gasteiger partial charge on any atom is -0.0533 e. The van der Waals surface area contributed by atoms with E-state index in [-0.39, 0.29) is 5.48 Å². The summed E-state index contributed by atoms with van der Waals surface area (Å²) in [6.45, 7) is 6.18. The predicted molar refractivity (Wildman–Crippen MR) is 88.5 cm³/mol. The summed E-state index contributed by atoms with van der Waals surface area (Å²) in [6, 6.07) is 0. The lowest BCUT2D eigenvalue weighted by Crippen LogP contribution is -1.83. The summed E-state index contributed by atoms with van der Waals surface area (Å²) in [4.78, 5) is 0. The standard InChI is InChI=1S/C18H37.H2O/c1-3-5-7-9-11-13-15-17-18-16-14-12-10-8-6-4-2;/h1,3-18H2,2H3;1H2. The molecule has 0 bridgehead atoms. The molecule has 0 heterocycles. The van der Waals surface area contributed by atoms with Crippen LogP contribution in [0.3, 0.4) is 0 Å². The summed E-state index contributed by atoms with van der Waals surface area (Å²) in [7, 11) is 0. The molecule has 0 atom stereocenters. The first kappa shape index (κ1) is 21.3. The van der Waals surface area contributed by atoms with Crippen molar-refractivity contribution in [2.75, 3.05) is 0 Å². The Kier molecular flexibility index (Phi) is 22.7. The molecule has 0 aromatic carbocycles. The van der Waals surface area contributed by atoms with E-state index in [1.54, 1.807) is 0 Å². The van der Waals surface area contributed by atoms with Gasteiger partial charge >= 0.3 is 0 Å². The minimum atomic E-state index is 0. The molecule has 0 aliphatic heterocycles. The van der Waals surface area contributed by atoms with Gasteiger partial charge in [-0.25, -0.2) is 0 Å². The summed E-state index contributed by atoms with van der Waals surface area (Å²) in [5, 5.41) is 0. The topological polar surface area (TPSA) is 31.5 Å². The van der Waals surface area contributed by atoms with Gasteiger partial charge in [0.05, 0.1) is 0 Å². The molecule has 0 rings (SSSR count). The van der Waals surface area contributed by atoms with Gasteiger partial charge < -0.3 is 5.48 Å². The van der Waals surface area contributed by atoms with Crippen LogP contribution >= 0.6 is 0 Å². The normalized spacial score (nSPS) is 10.4. The third-order valence-corrected chi connectivity index (χ3v) is 3.85. The Hall–Kier alpha value is -0.0400. The Bertz CT molecular complexity index is 118. The van der Waals surface area contributed by atoms with Crippen molar-refractivity contribution >= 4 is 0 Å². The number of hydrogen-bond donors (Lipinski definition) is 0. The van der Waals surface area contributed by atoms with Crippen molar-refractivity contribution in [3.05, 3.63) is 6.92 Å². The third-order valence-electron chi connectivity index (χ3n) is 3.85. The number of unbranched alkanes of at least 4 members (excludes halogenated alkanes) is 15. The van der Waals surface area contributed by atoms with E-state index >= 15 is 0 Å². The lowest BCUT2D eigenvalue weighted by Gasteiger charge is -2.03. The molecule has 1 nitrogen and oxygen atoms in total. The Morgan fingerprint density at radius 2 is 0.737 bits per heavy atom. The molecule has 0 fully saturated rings. The van der Waals surface area contributed by atoms with Crippen molar-refractivity contribution in [2.45, 2.75) is 110 Å². The van der Waals surface area contributed by atoms with Gasteiger partial charge in [-0.3, -0.25) is 0 Å². The van der Waals surface area contributed by atoms with Gasteiger partial charge in [-0.15, -0.1) is 0 Å². The molecule has 0 saturated carbocycles. The van der Waals surface area contributed by atoms with Gasteiger partial charge in [0.1, 0.15) is 0 Å². The fourth-order valence-corrected chi connectivity index (χ4v) is 2.55. The van der Waals surface area contributed by atoms with E-state index in [9.17, 15) is 0 Å². The van der Waals surface area contributed by atoms with Gasteiger partial charge in [0.15, 0.2) is 0 Å². The number of rotatable bonds is 15. The van der Waals surface area contributed by atoms with Crippen molar-refractivity contribution in [3.8, 4) is 0 Å². The summed E-state index contributed by atoms with van der Waals surface area (Å²) in [5.74, 6) is 0. The van der Waals surface area contributed by atoms with E-state index < -0.39 is 0 Å². The zero-order valence-electron chi connectivity index (χ0n) is 13.5. The molecular formula is C18H39O. The van der Waals surface area contributed by atoms with Crippen LogP contribution in [0.2, 0.25) is 0 Å². The molecule has 2 N–H and O–H groups in total. The highest BCUT2D eigenvalue weighted by atomic mass is 16.0. The zero-order chi connectivity index (χ0) is 13.3. The Balaban J connectivity index is 0. The van der Waals surface area contributed by atoms with Crippen molar-refractivity contribution in [1.29, 1.82) is 0 Å². The van der Waals surface area contributed by atoms with Crippen molar-refractivity contribution in [3.63, 3.8) is 0 Å². The van der Waals surface area contributed by atoms with Crippen LogP contribution in [0.4, 0.5) is 0 Å². The van der Waals surface area contributed by atoms with Gasteiger partial charge in [0.2, 0.25) is 0 Å². The van der Waals surface area contributed by atoms with Crippen LogP contribution < -0.4 is 0 Å². The van der Waals surface area contributed by atoms with Crippen LogP contribution in [0, 0.1) is 6.92 Å². The number of hydrogen-bond acceptors (Lipinski definition) is 0.